The number of rotatable bonds is 6. The molecule has 1 rings (SSSR count). The van der Waals surface area contributed by atoms with E-state index >= 15 is 0 Å². The SMILES string of the molecule is CCOC(=O)c1ccccc1OCCCCl. The van der Waals surface area contributed by atoms with Gasteiger partial charge in [-0.3, -0.25) is 0 Å². The van der Waals surface area contributed by atoms with Crippen LogP contribution >= 0.6 is 11.6 Å². The van der Waals surface area contributed by atoms with Crippen molar-refractivity contribution in [3.05, 3.63) is 29.8 Å². The molecule has 4 heteroatoms. The number of hydrogen-bond acceptors (Lipinski definition) is 3. The third-order valence-electron chi connectivity index (χ3n) is 1.92. The average Bonchev–Trinajstić information content (AvgIpc) is 2.30. The van der Waals surface area contributed by atoms with Gasteiger partial charge < -0.3 is 9.47 Å². The van der Waals surface area contributed by atoms with Crippen molar-refractivity contribution in [1.82, 2.24) is 0 Å². The van der Waals surface area contributed by atoms with Crippen molar-refractivity contribution in [3.8, 4) is 5.75 Å². The van der Waals surface area contributed by atoms with Gasteiger partial charge in [-0.1, -0.05) is 12.1 Å². The lowest BCUT2D eigenvalue weighted by atomic mass is 10.2. The molecule has 0 saturated heterocycles. The first-order valence-corrected chi connectivity index (χ1v) is 5.78. The van der Waals surface area contributed by atoms with Gasteiger partial charge in [-0.15, -0.1) is 11.6 Å². The Bertz CT molecular complexity index is 339. The number of carbonyl (C=O) groups excluding carboxylic acids is 1. The molecule has 0 unspecified atom stereocenters. The van der Waals surface area contributed by atoms with Crippen LogP contribution in [0, 0.1) is 0 Å². The van der Waals surface area contributed by atoms with E-state index in [1.807, 2.05) is 6.07 Å². The standard InChI is InChI=1S/C12H15ClO3/c1-2-15-12(14)10-6-3-4-7-11(10)16-9-5-8-13/h3-4,6-7H,2,5,8-9H2,1H3. The minimum Gasteiger partial charge on any atom is -0.493 e. The summed E-state index contributed by atoms with van der Waals surface area (Å²) in [4.78, 5) is 11.6. The molecule has 0 radical (unpaired) electrons. The summed E-state index contributed by atoms with van der Waals surface area (Å²) >= 11 is 5.55. The van der Waals surface area contributed by atoms with Gasteiger partial charge in [0.05, 0.1) is 13.2 Å². The van der Waals surface area contributed by atoms with Crippen molar-refractivity contribution < 1.29 is 14.3 Å². The number of esters is 1. The number of ether oxygens (including phenoxy) is 2. The molecule has 0 heterocycles. The van der Waals surface area contributed by atoms with Crippen LogP contribution in [0.4, 0.5) is 0 Å². The van der Waals surface area contributed by atoms with E-state index in [-0.39, 0.29) is 5.97 Å². The predicted octanol–water partition coefficient (Wildman–Crippen LogP) is 2.87. The summed E-state index contributed by atoms with van der Waals surface area (Å²) in [6.45, 7) is 2.63. The molecule has 0 aliphatic heterocycles. The van der Waals surface area contributed by atoms with Gasteiger partial charge in [-0.05, 0) is 25.5 Å². The Balaban J connectivity index is 2.71. The Morgan fingerprint density at radius 2 is 2.12 bits per heavy atom. The lowest BCUT2D eigenvalue weighted by molar-refractivity contribution is 0.0521. The maximum Gasteiger partial charge on any atom is 0.341 e. The first-order valence-electron chi connectivity index (χ1n) is 5.24. The molecule has 3 nitrogen and oxygen atoms in total. The summed E-state index contributed by atoms with van der Waals surface area (Å²) in [5.41, 5.74) is 0.457. The zero-order chi connectivity index (χ0) is 11.8. The molecule has 88 valence electrons. The van der Waals surface area contributed by atoms with Gasteiger partial charge in [0.1, 0.15) is 11.3 Å². The molecule has 0 atom stereocenters. The monoisotopic (exact) mass is 242 g/mol. The predicted molar refractivity (Wildman–Crippen MR) is 63.2 cm³/mol. The van der Waals surface area contributed by atoms with Crippen molar-refractivity contribution in [2.75, 3.05) is 19.1 Å². The van der Waals surface area contributed by atoms with E-state index < -0.39 is 0 Å². The molecule has 0 aromatic heterocycles. The molecular formula is C12H15ClO3. The van der Waals surface area contributed by atoms with E-state index in [1.165, 1.54) is 0 Å². The van der Waals surface area contributed by atoms with Crippen LogP contribution in [0.2, 0.25) is 0 Å². The molecule has 0 aliphatic rings. The number of para-hydroxylation sites is 1. The fourth-order valence-electron chi connectivity index (χ4n) is 1.21. The summed E-state index contributed by atoms with van der Waals surface area (Å²) in [5.74, 6) is 0.733. The second-order valence-corrected chi connectivity index (χ2v) is 3.49. The lowest BCUT2D eigenvalue weighted by Gasteiger charge is -2.09. The van der Waals surface area contributed by atoms with E-state index in [2.05, 4.69) is 0 Å². The highest BCUT2D eigenvalue weighted by molar-refractivity contribution is 6.17. The highest BCUT2D eigenvalue weighted by Crippen LogP contribution is 2.19. The van der Waals surface area contributed by atoms with Crippen LogP contribution in [-0.4, -0.2) is 25.1 Å². The van der Waals surface area contributed by atoms with E-state index in [0.717, 1.165) is 6.42 Å². The minimum atomic E-state index is -0.357. The summed E-state index contributed by atoms with van der Waals surface area (Å²) in [6.07, 6.45) is 0.749. The number of carbonyl (C=O) groups is 1. The second-order valence-electron chi connectivity index (χ2n) is 3.11. The zero-order valence-corrected chi connectivity index (χ0v) is 10.00. The van der Waals surface area contributed by atoms with E-state index in [0.29, 0.717) is 30.4 Å². The zero-order valence-electron chi connectivity index (χ0n) is 9.24. The Kier molecular flexibility index (Phi) is 5.72. The average molecular weight is 243 g/mol. The molecule has 1 aromatic rings. The number of benzene rings is 1. The molecule has 0 saturated carbocycles. The maximum absolute atomic E-state index is 11.6. The van der Waals surface area contributed by atoms with Gasteiger partial charge in [0, 0.05) is 5.88 Å². The molecule has 16 heavy (non-hydrogen) atoms. The normalized spacial score (nSPS) is 9.88. The Morgan fingerprint density at radius 1 is 1.38 bits per heavy atom. The van der Waals surface area contributed by atoms with Gasteiger partial charge in [-0.2, -0.15) is 0 Å². The van der Waals surface area contributed by atoms with Crippen LogP contribution in [0.3, 0.4) is 0 Å². The van der Waals surface area contributed by atoms with Crippen molar-refractivity contribution in [2.45, 2.75) is 13.3 Å². The number of halogens is 1. The summed E-state index contributed by atoms with van der Waals surface area (Å²) < 4.78 is 10.4. The van der Waals surface area contributed by atoms with Gasteiger partial charge in [-0.25, -0.2) is 4.79 Å². The Hall–Kier alpha value is -1.22. The molecule has 0 fully saturated rings. The molecule has 0 amide bonds. The van der Waals surface area contributed by atoms with Crippen LogP contribution in [0.1, 0.15) is 23.7 Å². The molecule has 0 N–H and O–H groups in total. The Morgan fingerprint density at radius 3 is 2.81 bits per heavy atom. The van der Waals surface area contributed by atoms with Crippen molar-refractivity contribution in [1.29, 1.82) is 0 Å². The van der Waals surface area contributed by atoms with Gasteiger partial charge in [0.15, 0.2) is 0 Å². The number of alkyl halides is 1. The van der Waals surface area contributed by atoms with Gasteiger partial charge in [0.25, 0.3) is 0 Å². The summed E-state index contributed by atoms with van der Waals surface area (Å²) in [5, 5.41) is 0. The number of hydrogen-bond donors (Lipinski definition) is 0. The first kappa shape index (κ1) is 12.8. The van der Waals surface area contributed by atoms with Crippen LogP contribution < -0.4 is 4.74 Å². The first-order chi connectivity index (χ1) is 7.79. The van der Waals surface area contributed by atoms with Crippen molar-refractivity contribution in [3.63, 3.8) is 0 Å². The molecule has 1 aromatic carbocycles. The third-order valence-corrected chi connectivity index (χ3v) is 2.19. The summed E-state index contributed by atoms with van der Waals surface area (Å²) in [6, 6.07) is 7.04. The quantitative estimate of drug-likeness (QED) is 0.437. The second kappa shape index (κ2) is 7.12. The highest BCUT2D eigenvalue weighted by atomic mass is 35.5. The minimum absolute atomic E-state index is 0.356. The molecule has 0 bridgehead atoms. The van der Waals surface area contributed by atoms with Gasteiger partial charge >= 0.3 is 5.97 Å². The van der Waals surface area contributed by atoms with Crippen LogP contribution in [0.5, 0.6) is 5.75 Å². The third kappa shape index (κ3) is 3.74. The smallest absolute Gasteiger partial charge is 0.341 e. The van der Waals surface area contributed by atoms with Crippen LogP contribution in [-0.2, 0) is 4.74 Å². The van der Waals surface area contributed by atoms with Gasteiger partial charge in [0.2, 0.25) is 0 Å². The fourth-order valence-corrected chi connectivity index (χ4v) is 1.32. The largest absolute Gasteiger partial charge is 0.493 e. The summed E-state index contributed by atoms with van der Waals surface area (Å²) in [7, 11) is 0. The molecular weight excluding hydrogens is 228 g/mol. The van der Waals surface area contributed by atoms with E-state index in [4.69, 9.17) is 21.1 Å². The fraction of sp³-hybridized carbons (Fsp3) is 0.417. The van der Waals surface area contributed by atoms with E-state index in [9.17, 15) is 4.79 Å². The molecule has 0 spiro atoms. The highest BCUT2D eigenvalue weighted by Gasteiger charge is 2.12. The topological polar surface area (TPSA) is 35.5 Å². The maximum atomic E-state index is 11.6. The lowest BCUT2D eigenvalue weighted by Crippen LogP contribution is -2.08. The molecule has 0 aliphatic carbocycles. The van der Waals surface area contributed by atoms with Crippen molar-refractivity contribution in [2.24, 2.45) is 0 Å². The van der Waals surface area contributed by atoms with Crippen LogP contribution in [0.15, 0.2) is 24.3 Å². The van der Waals surface area contributed by atoms with Crippen molar-refractivity contribution >= 4 is 17.6 Å². The van der Waals surface area contributed by atoms with Crippen LogP contribution in [0.25, 0.3) is 0 Å². The van der Waals surface area contributed by atoms with E-state index in [1.54, 1.807) is 25.1 Å². The Labute approximate surface area is 100 Å².